The van der Waals surface area contributed by atoms with Crippen molar-refractivity contribution in [3.63, 3.8) is 0 Å². The minimum absolute atomic E-state index is 1.10. The lowest BCUT2D eigenvalue weighted by Crippen LogP contribution is -2.14. The quantitative estimate of drug-likeness (QED) is 0.478. The molecule has 1 nitrogen and oxygen atoms in total. The fraction of sp³-hybridized carbons (Fsp3) is 0.333. The standard InChI is InChI=1S/C9H12IN/c1-11-8-6-4-2-3-5-7-9(11)10/h2-5,7H,6,8H2,1H3/b4-2+,5-3-,9-7+. The first-order valence-corrected chi connectivity index (χ1v) is 4.79. The summed E-state index contributed by atoms with van der Waals surface area (Å²) in [6, 6.07) is 0. The second kappa shape index (κ2) is 4.59. The normalized spacial score (nSPS) is 29.3. The van der Waals surface area contributed by atoms with E-state index in [0.717, 1.165) is 13.0 Å². The van der Waals surface area contributed by atoms with Crippen molar-refractivity contribution in [1.29, 1.82) is 0 Å². The third-order valence-corrected chi connectivity index (χ3v) is 2.77. The molecule has 1 aliphatic rings. The molecule has 0 atom stereocenters. The van der Waals surface area contributed by atoms with Crippen LogP contribution in [0.2, 0.25) is 0 Å². The van der Waals surface area contributed by atoms with E-state index in [2.05, 4.69) is 64.9 Å². The van der Waals surface area contributed by atoms with Gasteiger partial charge in [0.25, 0.3) is 0 Å². The van der Waals surface area contributed by atoms with Crippen LogP contribution in [0.15, 0.2) is 34.1 Å². The highest BCUT2D eigenvalue weighted by Crippen LogP contribution is 2.12. The first-order chi connectivity index (χ1) is 5.30. The summed E-state index contributed by atoms with van der Waals surface area (Å²) >= 11 is 2.35. The van der Waals surface area contributed by atoms with E-state index in [1.807, 2.05) is 0 Å². The molecular weight excluding hydrogens is 249 g/mol. The van der Waals surface area contributed by atoms with E-state index in [1.54, 1.807) is 0 Å². The highest BCUT2D eigenvalue weighted by Gasteiger charge is 1.97. The summed E-state index contributed by atoms with van der Waals surface area (Å²) in [6.45, 7) is 1.10. The molecule has 0 radical (unpaired) electrons. The minimum atomic E-state index is 1.10. The Morgan fingerprint density at radius 3 is 3.00 bits per heavy atom. The van der Waals surface area contributed by atoms with Gasteiger partial charge in [-0.15, -0.1) is 0 Å². The van der Waals surface area contributed by atoms with Crippen molar-refractivity contribution in [1.82, 2.24) is 4.90 Å². The Kier molecular flexibility index (Phi) is 3.69. The van der Waals surface area contributed by atoms with Crippen molar-refractivity contribution < 1.29 is 0 Å². The minimum Gasteiger partial charge on any atom is -0.369 e. The number of nitrogens with zero attached hydrogens (tertiary/aromatic N) is 1. The summed E-state index contributed by atoms with van der Waals surface area (Å²) in [5, 5.41) is 0. The average Bonchev–Trinajstić information content (AvgIpc) is 2.07. The van der Waals surface area contributed by atoms with Crippen LogP contribution in [0, 0.1) is 0 Å². The molecule has 0 saturated heterocycles. The van der Waals surface area contributed by atoms with Gasteiger partial charge in [-0.25, -0.2) is 0 Å². The van der Waals surface area contributed by atoms with Crippen LogP contribution in [0.4, 0.5) is 0 Å². The fourth-order valence-corrected chi connectivity index (χ4v) is 1.32. The predicted octanol–water partition coefficient (Wildman–Crippen LogP) is 2.71. The molecule has 0 saturated carbocycles. The Bertz CT molecular complexity index is 204. The molecule has 1 rings (SSSR count). The molecule has 0 aliphatic carbocycles. The highest BCUT2D eigenvalue weighted by molar-refractivity contribution is 14.1. The van der Waals surface area contributed by atoms with Crippen molar-refractivity contribution in [2.75, 3.05) is 13.6 Å². The maximum absolute atomic E-state index is 2.35. The van der Waals surface area contributed by atoms with Gasteiger partial charge in [0.2, 0.25) is 0 Å². The van der Waals surface area contributed by atoms with Gasteiger partial charge in [-0.1, -0.05) is 24.3 Å². The van der Waals surface area contributed by atoms with Gasteiger partial charge in [-0.3, -0.25) is 0 Å². The predicted molar refractivity (Wildman–Crippen MR) is 57.6 cm³/mol. The van der Waals surface area contributed by atoms with Crippen LogP contribution in [0.1, 0.15) is 6.42 Å². The Labute approximate surface area is 81.6 Å². The molecular formula is C9H12IN. The maximum Gasteiger partial charge on any atom is 0.0755 e. The van der Waals surface area contributed by atoms with E-state index >= 15 is 0 Å². The molecule has 2 heteroatoms. The molecule has 1 aliphatic heterocycles. The van der Waals surface area contributed by atoms with Crippen molar-refractivity contribution in [2.45, 2.75) is 6.42 Å². The Balaban J connectivity index is 2.69. The molecule has 0 N–H and O–H groups in total. The Morgan fingerprint density at radius 2 is 2.18 bits per heavy atom. The van der Waals surface area contributed by atoms with Crippen LogP contribution in [0.5, 0.6) is 0 Å². The molecule has 0 aromatic heterocycles. The summed E-state index contributed by atoms with van der Waals surface area (Å²) in [5.41, 5.74) is 0. The first kappa shape index (κ1) is 8.84. The second-order valence-electron chi connectivity index (χ2n) is 2.51. The number of rotatable bonds is 0. The second-order valence-corrected chi connectivity index (χ2v) is 3.62. The topological polar surface area (TPSA) is 3.24 Å². The SMILES string of the molecule is CN1CC/C=C/C=C\C=C\1I. The van der Waals surface area contributed by atoms with Gasteiger partial charge in [0.15, 0.2) is 0 Å². The largest absolute Gasteiger partial charge is 0.369 e. The van der Waals surface area contributed by atoms with Gasteiger partial charge in [-0.05, 0) is 35.1 Å². The lowest BCUT2D eigenvalue weighted by Gasteiger charge is -2.16. The third-order valence-electron chi connectivity index (χ3n) is 1.59. The third kappa shape index (κ3) is 3.10. The van der Waals surface area contributed by atoms with E-state index in [-0.39, 0.29) is 0 Å². The smallest absolute Gasteiger partial charge is 0.0755 e. The maximum atomic E-state index is 2.35. The Hall–Kier alpha value is -0.250. The van der Waals surface area contributed by atoms with E-state index in [1.165, 1.54) is 3.70 Å². The summed E-state index contributed by atoms with van der Waals surface area (Å²) in [5.74, 6) is 0. The zero-order valence-electron chi connectivity index (χ0n) is 6.63. The molecule has 0 unspecified atom stereocenters. The van der Waals surface area contributed by atoms with Crippen molar-refractivity contribution in [2.24, 2.45) is 0 Å². The van der Waals surface area contributed by atoms with Crippen LogP contribution in [-0.2, 0) is 0 Å². The van der Waals surface area contributed by atoms with Crippen LogP contribution >= 0.6 is 22.6 Å². The number of halogens is 1. The highest BCUT2D eigenvalue weighted by atomic mass is 127. The van der Waals surface area contributed by atoms with Crippen molar-refractivity contribution in [3.8, 4) is 0 Å². The van der Waals surface area contributed by atoms with Gasteiger partial charge in [0, 0.05) is 13.6 Å². The van der Waals surface area contributed by atoms with Crippen LogP contribution in [0.25, 0.3) is 0 Å². The van der Waals surface area contributed by atoms with E-state index in [4.69, 9.17) is 0 Å². The fourth-order valence-electron chi connectivity index (χ4n) is 0.876. The lowest BCUT2D eigenvalue weighted by atomic mass is 10.3. The van der Waals surface area contributed by atoms with E-state index < -0.39 is 0 Å². The van der Waals surface area contributed by atoms with Gasteiger partial charge in [0.05, 0.1) is 3.70 Å². The van der Waals surface area contributed by atoms with Crippen LogP contribution in [0.3, 0.4) is 0 Å². The molecule has 60 valence electrons. The zero-order valence-corrected chi connectivity index (χ0v) is 8.78. The molecule has 11 heavy (non-hydrogen) atoms. The van der Waals surface area contributed by atoms with Crippen molar-refractivity contribution >= 4 is 22.6 Å². The lowest BCUT2D eigenvalue weighted by molar-refractivity contribution is 0.460. The van der Waals surface area contributed by atoms with E-state index in [9.17, 15) is 0 Å². The molecule has 0 aromatic rings. The number of hydrogen-bond acceptors (Lipinski definition) is 1. The molecule has 0 aromatic carbocycles. The number of hydrogen-bond donors (Lipinski definition) is 0. The first-order valence-electron chi connectivity index (χ1n) is 3.71. The van der Waals surface area contributed by atoms with Gasteiger partial charge >= 0.3 is 0 Å². The van der Waals surface area contributed by atoms with Gasteiger partial charge in [0.1, 0.15) is 0 Å². The average molecular weight is 261 g/mol. The number of allylic oxidation sites excluding steroid dienone is 4. The van der Waals surface area contributed by atoms with Crippen LogP contribution in [-0.4, -0.2) is 18.5 Å². The van der Waals surface area contributed by atoms with E-state index in [0.29, 0.717) is 0 Å². The molecule has 0 amide bonds. The van der Waals surface area contributed by atoms with Gasteiger partial charge < -0.3 is 4.90 Å². The van der Waals surface area contributed by atoms with Crippen molar-refractivity contribution in [3.05, 3.63) is 34.1 Å². The molecule has 1 heterocycles. The Morgan fingerprint density at radius 1 is 1.36 bits per heavy atom. The monoisotopic (exact) mass is 261 g/mol. The summed E-state index contributed by atoms with van der Waals surface area (Å²) < 4.78 is 1.29. The van der Waals surface area contributed by atoms with Crippen LogP contribution < -0.4 is 0 Å². The summed E-state index contributed by atoms with van der Waals surface area (Å²) in [7, 11) is 2.12. The summed E-state index contributed by atoms with van der Waals surface area (Å²) in [4.78, 5) is 2.25. The summed E-state index contributed by atoms with van der Waals surface area (Å²) in [6.07, 6.45) is 11.7. The molecule has 0 spiro atoms. The molecule has 0 bridgehead atoms. The van der Waals surface area contributed by atoms with Gasteiger partial charge in [-0.2, -0.15) is 0 Å². The molecule has 0 fully saturated rings. The zero-order chi connectivity index (χ0) is 8.10.